The Hall–Kier alpha value is -3.60. The zero-order chi connectivity index (χ0) is 23.8. The minimum absolute atomic E-state index is 0.111. The highest BCUT2D eigenvalue weighted by Gasteiger charge is 2.13. The number of amides is 2. The normalized spacial score (nSPS) is 10.8. The van der Waals surface area contributed by atoms with Crippen molar-refractivity contribution in [2.45, 2.75) is 6.92 Å². The van der Waals surface area contributed by atoms with Crippen molar-refractivity contribution in [3.8, 4) is 11.8 Å². The summed E-state index contributed by atoms with van der Waals surface area (Å²) in [4.78, 5) is 24.9. The number of rotatable bonds is 7. The Morgan fingerprint density at radius 3 is 2.52 bits per heavy atom. The molecule has 6 nitrogen and oxygen atoms in total. The lowest BCUT2D eigenvalue weighted by Gasteiger charge is -2.11. The highest BCUT2D eigenvalue weighted by atomic mass is 79.9. The second-order valence-electron chi connectivity index (χ2n) is 6.97. The predicted molar refractivity (Wildman–Crippen MR) is 133 cm³/mol. The number of nitrogens with one attached hydrogen (secondary N) is 2. The maximum atomic E-state index is 12.5. The topological polar surface area (TPSA) is 91.2 Å². The number of para-hydroxylation sites is 1. The molecule has 0 saturated carbocycles. The maximum absolute atomic E-state index is 12.5. The Morgan fingerprint density at radius 1 is 1.06 bits per heavy atom. The zero-order valence-electron chi connectivity index (χ0n) is 17.6. The molecular weight excluding hydrogens is 506 g/mol. The molecule has 0 aromatic heterocycles. The van der Waals surface area contributed by atoms with Gasteiger partial charge in [0.15, 0.2) is 6.61 Å². The monoisotopic (exact) mass is 523 g/mol. The summed E-state index contributed by atoms with van der Waals surface area (Å²) >= 11 is 9.47. The van der Waals surface area contributed by atoms with Crippen LogP contribution in [0.4, 0.5) is 11.4 Å². The lowest BCUT2D eigenvalue weighted by Crippen LogP contribution is -2.20. The van der Waals surface area contributed by atoms with Gasteiger partial charge in [-0.2, -0.15) is 5.26 Å². The molecule has 0 aliphatic heterocycles. The Bertz CT molecular complexity index is 1250. The first kappa shape index (κ1) is 24.1. The summed E-state index contributed by atoms with van der Waals surface area (Å²) in [6, 6.07) is 21.0. The Kier molecular flexibility index (Phi) is 8.25. The van der Waals surface area contributed by atoms with Crippen LogP contribution in [0, 0.1) is 18.3 Å². The number of nitrogens with zero attached hydrogens (tertiary/aromatic N) is 1. The van der Waals surface area contributed by atoms with Crippen molar-refractivity contribution in [2.24, 2.45) is 0 Å². The number of carbonyl (C=O) groups is 2. The molecule has 8 heteroatoms. The molecule has 0 saturated heterocycles. The van der Waals surface area contributed by atoms with Crippen LogP contribution in [0.1, 0.15) is 11.1 Å². The Labute approximate surface area is 205 Å². The first-order chi connectivity index (χ1) is 15.9. The Balaban J connectivity index is 1.73. The van der Waals surface area contributed by atoms with Crippen LogP contribution in [0.5, 0.6) is 5.75 Å². The molecule has 3 rings (SSSR count). The molecule has 3 aromatic carbocycles. The van der Waals surface area contributed by atoms with Crippen molar-refractivity contribution in [2.75, 3.05) is 17.2 Å². The van der Waals surface area contributed by atoms with E-state index >= 15 is 0 Å². The number of ether oxygens (including phenoxy) is 1. The van der Waals surface area contributed by atoms with Gasteiger partial charge in [0.05, 0.1) is 0 Å². The van der Waals surface area contributed by atoms with E-state index < -0.39 is 5.91 Å². The molecule has 0 aliphatic carbocycles. The van der Waals surface area contributed by atoms with E-state index in [0.717, 1.165) is 10.0 Å². The molecule has 166 valence electrons. The van der Waals surface area contributed by atoms with Crippen LogP contribution in [-0.4, -0.2) is 18.4 Å². The summed E-state index contributed by atoms with van der Waals surface area (Å²) in [6.45, 7) is 1.60. The summed E-state index contributed by atoms with van der Waals surface area (Å²) in [5.74, 6) is -0.589. The quantitative estimate of drug-likeness (QED) is 0.294. The second kappa shape index (κ2) is 11.3. The molecule has 0 unspecified atom stereocenters. The van der Waals surface area contributed by atoms with E-state index in [-0.39, 0.29) is 18.1 Å². The zero-order valence-corrected chi connectivity index (χ0v) is 19.9. The number of benzene rings is 3. The lowest BCUT2D eigenvalue weighted by atomic mass is 10.1. The van der Waals surface area contributed by atoms with E-state index in [1.165, 1.54) is 6.08 Å². The van der Waals surface area contributed by atoms with Crippen LogP contribution >= 0.6 is 27.5 Å². The van der Waals surface area contributed by atoms with Crippen LogP contribution in [0.3, 0.4) is 0 Å². The minimum Gasteiger partial charge on any atom is -0.483 e. The van der Waals surface area contributed by atoms with E-state index in [1.54, 1.807) is 60.7 Å². The fourth-order valence-corrected chi connectivity index (χ4v) is 3.36. The number of nitriles is 1. The standard InChI is InChI=1S/C25H19BrClN3O3/c1-16-7-9-21(13-22(16)27)29-24(31)15-33-23-10-8-19(26)12-17(23)11-18(14-28)25(32)30-20-5-3-2-4-6-20/h2-13H,15H2,1H3,(H,29,31)(H,30,32)/b18-11+. The smallest absolute Gasteiger partial charge is 0.266 e. The van der Waals surface area contributed by atoms with Gasteiger partial charge in [-0.3, -0.25) is 9.59 Å². The molecule has 0 spiro atoms. The van der Waals surface area contributed by atoms with Crippen molar-refractivity contribution >= 4 is 56.8 Å². The Morgan fingerprint density at radius 2 is 1.82 bits per heavy atom. The molecule has 0 aliphatic rings. The van der Waals surface area contributed by atoms with E-state index in [4.69, 9.17) is 16.3 Å². The lowest BCUT2D eigenvalue weighted by molar-refractivity contribution is -0.118. The minimum atomic E-state index is -0.552. The van der Waals surface area contributed by atoms with Crippen LogP contribution in [0.25, 0.3) is 6.08 Å². The fraction of sp³-hybridized carbons (Fsp3) is 0.0800. The average molecular weight is 525 g/mol. The fourth-order valence-electron chi connectivity index (χ4n) is 2.80. The molecule has 2 amide bonds. The molecular formula is C25H19BrClN3O3. The first-order valence-electron chi connectivity index (χ1n) is 9.82. The van der Waals surface area contributed by atoms with E-state index in [0.29, 0.717) is 27.7 Å². The largest absolute Gasteiger partial charge is 0.483 e. The second-order valence-corrected chi connectivity index (χ2v) is 8.30. The summed E-state index contributed by atoms with van der Waals surface area (Å²) in [6.07, 6.45) is 1.41. The third-order valence-corrected chi connectivity index (χ3v) is 5.38. The van der Waals surface area contributed by atoms with Gasteiger partial charge in [0, 0.05) is 26.4 Å². The van der Waals surface area contributed by atoms with E-state index in [1.807, 2.05) is 19.1 Å². The van der Waals surface area contributed by atoms with E-state index in [2.05, 4.69) is 26.6 Å². The average Bonchev–Trinajstić information content (AvgIpc) is 2.80. The molecule has 0 fully saturated rings. The molecule has 0 bridgehead atoms. The van der Waals surface area contributed by atoms with Gasteiger partial charge >= 0.3 is 0 Å². The van der Waals surface area contributed by atoms with Gasteiger partial charge in [0.1, 0.15) is 17.4 Å². The van der Waals surface area contributed by atoms with Crippen LogP contribution in [0.15, 0.2) is 76.8 Å². The van der Waals surface area contributed by atoms with Gasteiger partial charge in [-0.1, -0.05) is 51.8 Å². The summed E-state index contributed by atoms with van der Waals surface area (Å²) in [7, 11) is 0. The number of anilines is 2. The van der Waals surface area contributed by atoms with Crippen molar-refractivity contribution in [3.63, 3.8) is 0 Å². The molecule has 0 radical (unpaired) electrons. The SMILES string of the molecule is Cc1ccc(NC(=O)COc2ccc(Br)cc2/C=C(\C#N)C(=O)Nc2ccccc2)cc1Cl. The van der Waals surface area contributed by atoms with Gasteiger partial charge in [-0.15, -0.1) is 0 Å². The van der Waals surface area contributed by atoms with Gasteiger partial charge in [-0.05, 0) is 61.0 Å². The molecule has 0 heterocycles. The number of hydrogen-bond acceptors (Lipinski definition) is 4. The van der Waals surface area contributed by atoms with Crippen molar-refractivity contribution in [3.05, 3.63) is 92.9 Å². The van der Waals surface area contributed by atoms with Gasteiger partial charge in [0.25, 0.3) is 11.8 Å². The van der Waals surface area contributed by atoms with Crippen LogP contribution in [-0.2, 0) is 9.59 Å². The number of halogens is 2. The summed E-state index contributed by atoms with van der Waals surface area (Å²) in [5, 5.41) is 15.5. The first-order valence-corrected chi connectivity index (χ1v) is 11.0. The van der Waals surface area contributed by atoms with Crippen molar-refractivity contribution in [1.82, 2.24) is 0 Å². The molecule has 2 N–H and O–H groups in total. The molecule has 33 heavy (non-hydrogen) atoms. The number of hydrogen-bond donors (Lipinski definition) is 2. The predicted octanol–water partition coefficient (Wildman–Crippen LogP) is 5.97. The highest BCUT2D eigenvalue weighted by molar-refractivity contribution is 9.10. The number of aryl methyl sites for hydroxylation is 1. The van der Waals surface area contributed by atoms with Gasteiger partial charge < -0.3 is 15.4 Å². The molecule has 0 atom stereocenters. The van der Waals surface area contributed by atoms with Crippen molar-refractivity contribution < 1.29 is 14.3 Å². The van der Waals surface area contributed by atoms with Gasteiger partial charge in [0.2, 0.25) is 0 Å². The van der Waals surface area contributed by atoms with Crippen LogP contribution < -0.4 is 15.4 Å². The third-order valence-electron chi connectivity index (χ3n) is 4.48. The summed E-state index contributed by atoms with van der Waals surface area (Å²) < 4.78 is 6.39. The summed E-state index contributed by atoms with van der Waals surface area (Å²) in [5.41, 5.74) is 2.39. The third kappa shape index (κ3) is 6.94. The molecule has 3 aromatic rings. The highest BCUT2D eigenvalue weighted by Crippen LogP contribution is 2.26. The van der Waals surface area contributed by atoms with Crippen LogP contribution in [0.2, 0.25) is 5.02 Å². The van der Waals surface area contributed by atoms with Gasteiger partial charge in [-0.25, -0.2) is 0 Å². The van der Waals surface area contributed by atoms with Crippen molar-refractivity contribution in [1.29, 1.82) is 5.26 Å². The number of carbonyl (C=O) groups excluding carboxylic acids is 2. The van der Waals surface area contributed by atoms with E-state index in [9.17, 15) is 14.9 Å². The maximum Gasteiger partial charge on any atom is 0.266 e.